The van der Waals surface area contributed by atoms with Crippen LogP contribution in [0.3, 0.4) is 0 Å². The van der Waals surface area contributed by atoms with Crippen LogP contribution in [0.2, 0.25) is 0 Å². The van der Waals surface area contributed by atoms with Crippen LogP contribution in [-0.4, -0.2) is 31.7 Å². The molecule has 8 heteroatoms. The number of aromatic nitrogens is 3. The van der Waals surface area contributed by atoms with Gasteiger partial charge in [-0.3, -0.25) is 9.59 Å². The summed E-state index contributed by atoms with van der Waals surface area (Å²) >= 11 is 0. The smallest absolute Gasteiger partial charge is 0.305 e. The SMILES string of the molecule is O=C(O)CC(NC(=O)c1nc(-c2ccccc2)n(-c2ccccc2)n1)c1ccc(F)cc1. The van der Waals surface area contributed by atoms with Crippen molar-refractivity contribution in [1.82, 2.24) is 20.1 Å². The van der Waals surface area contributed by atoms with E-state index in [9.17, 15) is 19.1 Å². The van der Waals surface area contributed by atoms with Crippen LogP contribution < -0.4 is 5.32 Å². The molecule has 4 rings (SSSR count). The van der Waals surface area contributed by atoms with Crippen molar-refractivity contribution in [3.63, 3.8) is 0 Å². The predicted octanol–water partition coefficient (Wildman–Crippen LogP) is 4.02. The number of aliphatic carboxylic acids is 1. The van der Waals surface area contributed by atoms with Crippen LogP contribution in [0.15, 0.2) is 84.9 Å². The second-order valence-corrected chi connectivity index (χ2v) is 7.05. The van der Waals surface area contributed by atoms with Crippen molar-refractivity contribution >= 4 is 11.9 Å². The number of hydrogen-bond acceptors (Lipinski definition) is 4. The number of carboxylic acid groups (broad SMARTS) is 1. The van der Waals surface area contributed by atoms with E-state index >= 15 is 0 Å². The molecule has 1 aromatic heterocycles. The topological polar surface area (TPSA) is 97.1 Å². The number of benzene rings is 3. The Morgan fingerprint density at radius 3 is 2.19 bits per heavy atom. The number of carboxylic acids is 1. The molecule has 4 aromatic rings. The highest BCUT2D eigenvalue weighted by molar-refractivity contribution is 5.91. The Labute approximate surface area is 183 Å². The Bertz CT molecular complexity index is 1170. The fourth-order valence-electron chi connectivity index (χ4n) is 3.28. The van der Waals surface area contributed by atoms with Gasteiger partial charge in [0.2, 0.25) is 5.82 Å². The van der Waals surface area contributed by atoms with Crippen LogP contribution in [0, 0.1) is 5.82 Å². The lowest BCUT2D eigenvalue weighted by Crippen LogP contribution is -2.31. The van der Waals surface area contributed by atoms with Gasteiger partial charge in [-0.25, -0.2) is 14.1 Å². The van der Waals surface area contributed by atoms with Crippen molar-refractivity contribution in [2.45, 2.75) is 12.5 Å². The molecule has 0 aliphatic carbocycles. The monoisotopic (exact) mass is 430 g/mol. The van der Waals surface area contributed by atoms with Gasteiger partial charge in [0, 0.05) is 5.56 Å². The lowest BCUT2D eigenvalue weighted by molar-refractivity contribution is -0.137. The van der Waals surface area contributed by atoms with Crippen molar-refractivity contribution in [2.75, 3.05) is 0 Å². The minimum atomic E-state index is -1.10. The summed E-state index contributed by atoms with van der Waals surface area (Å²) in [7, 11) is 0. The van der Waals surface area contributed by atoms with Gasteiger partial charge >= 0.3 is 5.97 Å². The summed E-state index contributed by atoms with van der Waals surface area (Å²) in [5.41, 5.74) is 1.95. The summed E-state index contributed by atoms with van der Waals surface area (Å²) in [5, 5.41) is 16.3. The van der Waals surface area contributed by atoms with Crippen molar-refractivity contribution in [3.8, 4) is 17.1 Å². The van der Waals surface area contributed by atoms with Gasteiger partial charge in [-0.15, -0.1) is 5.10 Å². The molecule has 1 heterocycles. The average Bonchev–Trinajstić information content (AvgIpc) is 3.26. The Morgan fingerprint density at radius 2 is 1.56 bits per heavy atom. The number of para-hydroxylation sites is 1. The molecule has 0 fully saturated rings. The van der Waals surface area contributed by atoms with E-state index in [1.54, 1.807) is 4.68 Å². The number of nitrogens with zero attached hydrogens (tertiary/aromatic N) is 3. The molecular formula is C24H19FN4O3. The summed E-state index contributed by atoms with van der Waals surface area (Å²) in [6.45, 7) is 0. The number of hydrogen-bond donors (Lipinski definition) is 2. The van der Waals surface area contributed by atoms with Crippen molar-refractivity contribution < 1.29 is 19.1 Å². The average molecular weight is 430 g/mol. The van der Waals surface area contributed by atoms with E-state index in [0.29, 0.717) is 11.4 Å². The lowest BCUT2D eigenvalue weighted by atomic mass is 10.0. The molecule has 0 saturated carbocycles. The third-order valence-corrected chi connectivity index (χ3v) is 4.80. The first-order valence-corrected chi connectivity index (χ1v) is 9.87. The zero-order valence-electron chi connectivity index (χ0n) is 16.9. The molecular weight excluding hydrogens is 411 g/mol. The first-order valence-electron chi connectivity index (χ1n) is 9.87. The summed E-state index contributed by atoms with van der Waals surface area (Å²) in [6.07, 6.45) is -0.373. The maximum atomic E-state index is 13.3. The standard InChI is InChI=1S/C24H19FN4O3/c25-18-13-11-16(12-14-18)20(15-21(30)31)26-24(32)22-27-23(17-7-3-1-4-8-17)29(28-22)19-9-5-2-6-10-19/h1-14,20H,15H2,(H,26,32)(H,30,31). The predicted molar refractivity (Wildman–Crippen MR) is 116 cm³/mol. The molecule has 1 unspecified atom stereocenters. The Morgan fingerprint density at radius 1 is 0.938 bits per heavy atom. The number of carbonyl (C=O) groups excluding carboxylic acids is 1. The van der Waals surface area contributed by atoms with Crippen LogP contribution in [0.1, 0.15) is 28.6 Å². The molecule has 7 nitrogen and oxygen atoms in total. The van der Waals surface area contributed by atoms with E-state index in [4.69, 9.17) is 0 Å². The molecule has 0 aliphatic heterocycles. The molecule has 3 aromatic carbocycles. The van der Waals surface area contributed by atoms with Gasteiger partial charge in [-0.2, -0.15) is 0 Å². The highest BCUT2D eigenvalue weighted by Gasteiger charge is 2.23. The van der Waals surface area contributed by atoms with Crippen LogP contribution >= 0.6 is 0 Å². The third kappa shape index (κ3) is 4.70. The summed E-state index contributed by atoms with van der Waals surface area (Å²) < 4.78 is 14.8. The molecule has 0 saturated heterocycles. The van der Waals surface area contributed by atoms with Crippen molar-refractivity contribution in [3.05, 3.63) is 102 Å². The van der Waals surface area contributed by atoms with E-state index in [1.165, 1.54) is 24.3 Å². The summed E-state index contributed by atoms with van der Waals surface area (Å²) in [6, 6.07) is 23.0. The molecule has 32 heavy (non-hydrogen) atoms. The number of halogens is 1. The van der Waals surface area contributed by atoms with E-state index < -0.39 is 23.7 Å². The van der Waals surface area contributed by atoms with Gasteiger partial charge in [0.15, 0.2) is 5.82 Å². The number of rotatable bonds is 7. The summed E-state index contributed by atoms with van der Waals surface area (Å²) in [5.74, 6) is -1.83. The highest BCUT2D eigenvalue weighted by Crippen LogP contribution is 2.22. The second kappa shape index (κ2) is 9.22. The molecule has 1 amide bonds. The van der Waals surface area contributed by atoms with Gasteiger partial charge in [0.1, 0.15) is 5.82 Å². The normalized spacial score (nSPS) is 11.7. The number of carbonyl (C=O) groups is 2. The molecule has 160 valence electrons. The Kier molecular flexibility index (Phi) is 6.03. The Hall–Kier alpha value is -4.33. The zero-order chi connectivity index (χ0) is 22.5. The molecule has 2 N–H and O–H groups in total. The fraction of sp³-hybridized carbons (Fsp3) is 0.0833. The van der Waals surface area contributed by atoms with E-state index in [1.807, 2.05) is 60.7 Å². The molecule has 0 spiro atoms. The molecule has 0 bridgehead atoms. The number of nitrogens with one attached hydrogen (secondary N) is 1. The van der Waals surface area contributed by atoms with Gasteiger partial charge < -0.3 is 10.4 Å². The summed E-state index contributed by atoms with van der Waals surface area (Å²) in [4.78, 5) is 28.8. The zero-order valence-corrected chi connectivity index (χ0v) is 16.9. The van der Waals surface area contributed by atoms with Crippen LogP contribution in [-0.2, 0) is 4.79 Å². The highest BCUT2D eigenvalue weighted by atomic mass is 19.1. The third-order valence-electron chi connectivity index (χ3n) is 4.80. The van der Waals surface area contributed by atoms with Gasteiger partial charge in [-0.1, -0.05) is 60.7 Å². The van der Waals surface area contributed by atoms with E-state index in [0.717, 1.165) is 11.3 Å². The quantitative estimate of drug-likeness (QED) is 0.462. The van der Waals surface area contributed by atoms with Crippen LogP contribution in [0.4, 0.5) is 4.39 Å². The second-order valence-electron chi connectivity index (χ2n) is 7.05. The minimum absolute atomic E-state index is 0.106. The van der Waals surface area contributed by atoms with Crippen LogP contribution in [0.5, 0.6) is 0 Å². The van der Waals surface area contributed by atoms with Gasteiger partial charge in [0.05, 0.1) is 18.2 Å². The van der Waals surface area contributed by atoms with Crippen LogP contribution in [0.25, 0.3) is 17.1 Å². The first kappa shape index (κ1) is 20.9. The first-order chi connectivity index (χ1) is 15.5. The lowest BCUT2D eigenvalue weighted by Gasteiger charge is -2.16. The molecule has 0 radical (unpaired) electrons. The maximum Gasteiger partial charge on any atom is 0.305 e. The van der Waals surface area contributed by atoms with Gasteiger partial charge in [0.25, 0.3) is 5.91 Å². The number of amides is 1. The molecule has 1 atom stereocenters. The van der Waals surface area contributed by atoms with E-state index in [-0.39, 0.29) is 12.2 Å². The fourth-order valence-corrected chi connectivity index (χ4v) is 3.28. The maximum absolute atomic E-state index is 13.3. The minimum Gasteiger partial charge on any atom is -0.481 e. The largest absolute Gasteiger partial charge is 0.481 e. The van der Waals surface area contributed by atoms with E-state index in [2.05, 4.69) is 15.4 Å². The van der Waals surface area contributed by atoms with Crippen molar-refractivity contribution in [1.29, 1.82) is 0 Å². The Balaban J connectivity index is 1.69. The van der Waals surface area contributed by atoms with Crippen molar-refractivity contribution in [2.24, 2.45) is 0 Å². The molecule has 0 aliphatic rings. The van der Waals surface area contributed by atoms with Gasteiger partial charge in [-0.05, 0) is 29.8 Å².